The number of halogens is 1. The van der Waals surface area contributed by atoms with Crippen LogP contribution in [0.4, 0.5) is 10.1 Å². The second-order valence-electron chi connectivity index (χ2n) is 6.16. The van der Waals surface area contributed by atoms with Gasteiger partial charge < -0.3 is 14.5 Å². The average Bonchev–Trinajstić information content (AvgIpc) is 3.06. The number of anilines is 1. The standard InChI is InChI=1S/C20H19FN2O4/c1-12-7-8-14(11-15(12)21)22-20(25)13(2)26-19(24)10-9-18-23-16-5-3-4-6-17(16)27-18/h3-8,11,13H,9-10H2,1-2H3,(H,22,25)/t13-/m0/s1. The van der Waals surface area contributed by atoms with E-state index < -0.39 is 23.8 Å². The maximum atomic E-state index is 13.5. The van der Waals surface area contributed by atoms with E-state index in [1.165, 1.54) is 13.0 Å². The molecule has 0 saturated heterocycles. The van der Waals surface area contributed by atoms with E-state index in [0.717, 1.165) is 5.52 Å². The van der Waals surface area contributed by atoms with Gasteiger partial charge in [-0.3, -0.25) is 9.59 Å². The van der Waals surface area contributed by atoms with Crippen LogP contribution in [0, 0.1) is 12.7 Å². The number of para-hydroxylation sites is 2. The van der Waals surface area contributed by atoms with Crippen molar-refractivity contribution in [3.8, 4) is 0 Å². The van der Waals surface area contributed by atoms with Gasteiger partial charge in [0.15, 0.2) is 17.6 Å². The summed E-state index contributed by atoms with van der Waals surface area (Å²) >= 11 is 0. The first kappa shape index (κ1) is 18.6. The highest BCUT2D eigenvalue weighted by Crippen LogP contribution is 2.16. The van der Waals surface area contributed by atoms with Gasteiger partial charge in [-0.15, -0.1) is 0 Å². The van der Waals surface area contributed by atoms with Crippen molar-refractivity contribution in [3.63, 3.8) is 0 Å². The van der Waals surface area contributed by atoms with Crippen LogP contribution in [0.1, 0.15) is 24.8 Å². The first-order valence-electron chi connectivity index (χ1n) is 8.53. The summed E-state index contributed by atoms with van der Waals surface area (Å²) in [6, 6.07) is 11.7. The zero-order valence-corrected chi connectivity index (χ0v) is 15.0. The Labute approximate surface area is 155 Å². The molecule has 1 amide bonds. The van der Waals surface area contributed by atoms with Crippen LogP contribution in [-0.4, -0.2) is 23.0 Å². The summed E-state index contributed by atoms with van der Waals surface area (Å²) in [5, 5.41) is 2.52. The smallest absolute Gasteiger partial charge is 0.307 e. The van der Waals surface area contributed by atoms with E-state index in [1.807, 2.05) is 18.2 Å². The number of carbonyl (C=O) groups excluding carboxylic acids is 2. The van der Waals surface area contributed by atoms with Crippen LogP contribution in [-0.2, 0) is 20.7 Å². The van der Waals surface area contributed by atoms with E-state index in [9.17, 15) is 14.0 Å². The van der Waals surface area contributed by atoms with Crippen LogP contribution in [0.5, 0.6) is 0 Å². The third-order valence-corrected chi connectivity index (χ3v) is 4.00. The first-order chi connectivity index (χ1) is 12.9. The predicted molar refractivity (Wildman–Crippen MR) is 97.7 cm³/mol. The number of nitrogens with one attached hydrogen (secondary N) is 1. The van der Waals surface area contributed by atoms with Gasteiger partial charge in [-0.2, -0.15) is 0 Å². The lowest BCUT2D eigenvalue weighted by atomic mass is 10.2. The van der Waals surface area contributed by atoms with Crippen LogP contribution in [0.3, 0.4) is 0 Å². The molecule has 0 aliphatic carbocycles. The average molecular weight is 370 g/mol. The van der Waals surface area contributed by atoms with Gasteiger partial charge in [-0.05, 0) is 43.7 Å². The van der Waals surface area contributed by atoms with Gasteiger partial charge in [0.2, 0.25) is 0 Å². The number of aryl methyl sites for hydroxylation is 2. The summed E-state index contributed by atoms with van der Waals surface area (Å²) < 4.78 is 24.2. The van der Waals surface area contributed by atoms with Crippen LogP contribution >= 0.6 is 0 Å². The highest BCUT2D eigenvalue weighted by Gasteiger charge is 2.19. The number of fused-ring (bicyclic) bond motifs is 1. The lowest BCUT2D eigenvalue weighted by molar-refractivity contribution is -0.153. The molecule has 3 aromatic rings. The molecule has 0 radical (unpaired) electrons. The molecule has 27 heavy (non-hydrogen) atoms. The second kappa shape index (κ2) is 7.99. The number of nitrogens with zero attached hydrogens (tertiary/aromatic N) is 1. The Hall–Kier alpha value is -3.22. The third-order valence-electron chi connectivity index (χ3n) is 4.00. The van der Waals surface area contributed by atoms with Crippen molar-refractivity contribution in [2.75, 3.05) is 5.32 Å². The molecule has 0 saturated carbocycles. The molecule has 1 heterocycles. The van der Waals surface area contributed by atoms with E-state index >= 15 is 0 Å². The highest BCUT2D eigenvalue weighted by atomic mass is 19.1. The van der Waals surface area contributed by atoms with Crippen molar-refractivity contribution in [2.45, 2.75) is 32.8 Å². The van der Waals surface area contributed by atoms with E-state index in [0.29, 0.717) is 22.7 Å². The Bertz CT molecular complexity index is 950. The van der Waals surface area contributed by atoms with Crippen LogP contribution < -0.4 is 5.32 Å². The number of hydrogen-bond acceptors (Lipinski definition) is 5. The Balaban J connectivity index is 1.50. The minimum atomic E-state index is -1.01. The summed E-state index contributed by atoms with van der Waals surface area (Å²) in [6.45, 7) is 3.08. The first-order valence-corrected chi connectivity index (χ1v) is 8.53. The van der Waals surface area contributed by atoms with Crippen LogP contribution in [0.2, 0.25) is 0 Å². The maximum absolute atomic E-state index is 13.5. The largest absolute Gasteiger partial charge is 0.453 e. The van der Waals surface area contributed by atoms with Gasteiger partial charge >= 0.3 is 5.97 Å². The molecule has 140 valence electrons. The Morgan fingerprint density at radius 3 is 2.78 bits per heavy atom. The number of oxazole rings is 1. The summed E-state index contributed by atoms with van der Waals surface area (Å²) in [4.78, 5) is 28.3. The van der Waals surface area contributed by atoms with Crippen molar-refractivity contribution in [1.82, 2.24) is 4.98 Å². The van der Waals surface area contributed by atoms with E-state index in [4.69, 9.17) is 9.15 Å². The quantitative estimate of drug-likeness (QED) is 0.668. The van der Waals surface area contributed by atoms with E-state index in [-0.39, 0.29) is 12.8 Å². The van der Waals surface area contributed by atoms with Crippen molar-refractivity contribution < 1.29 is 23.1 Å². The molecular formula is C20H19FN2O4. The summed E-state index contributed by atoms with van der Waals surface area (Å²) in [7, 11) is 0. The summed E-state index contributed by atoms with van der Waals surface area (Å²) in [5.74, 6) is -1.07. The molecule has 1 N–H and O–H groups in total. The number of amides is 1. The van der Waals surface area contributed by atoms with Gasteiger partial charge in [0.25, 0.3) is 5.91 Å². The number of benzene rings is 2. The molecule has 6 nitrogen and oxygen atoms in total. The Morgan fingerprint density at radius 2 is 2.04 bits per heavy atom. The number of rotatable bonds is 6. The van der Waals surface area contributed by atoms with Crippen LogP contribution in [0.15, 0.2) is 46.9 Å². The summed E-state index contributed by atoms with van der Waals surface area (Å²) in [5.41, 5.74) is 2.15. The fraction of sp³-hybridized carbons (Fsp3) is 0.250. The number of aromatic nitrogens is 1. The summed E-state index contributed by atoms with van der Waals surface area (Å²) in [6.07, 6.45) is -0.709. The molecule has 0 unspecified atom stereocenters. The molecule has 1 atom stereocenters. The molecule has 0 aliphatic rings. The molecule has 0 fully saturated rings. The Morgan fingerprint density at radius 1 is 1.26 bits per heavy atom. The molecule has 3 rings (SSSR count). The molecule has 7 heteroatoms. The molecule has 1 aromatic heterocycles. The second-order valence-corrected chi connectivity index (χ2v) is 6.16. The zero-order valence-electron chi connectivity index (χ0n) is 15.0. The maximum Gasteiger partial charge on any atom is 0.307 e. The van der Waals surface area contributed by atoms with Crippen molar-refractivity contribution in [1.29, 1.82) is 0 Å². The van der Waals surface area contributed by atoms with Crippen molar-refractivity contribution in [3.05, 3.63) is 59.7 Å². The number of ether oxygens (including phenoxy) is 1. The van der Waals surface area contributed by atoms with Gasteiger partial charge in [-0.1, -0.05) is 18.2 Å². The van der Waals surface area contributed by atoms with Gasteiger partial charge in [0, 0.05) is 12.1 Å². The normalized spacial score (nSPS) is 12.0. The number of carbonyl (C=O) groups is 2. The molecule has 0 bridgehead atoms. The number of esters is 1. The molecular weight excluding hydrogens is 351 g/mol. The SMILES string of the molecule is Cc1ccc(NC(=O)[C@H](C)OC(=O)CCc2nc3ccccc3o2)cc1F. The lowest BCUT2D eigenvalue weighted by Crippen LogP contribution is -2.30. The van der Waals surface area contributed by atoms with Crippen molar-refractivity contribution >= 4 is 28.7 Å². The predicted octanol–water partition coefficient (Wildman–Crippen LogP) is 3.78. The minimum absolute atomic E-state index is 0.0314. The third kappa shape index (κ3) is 4.69. The zero-order chi connectivity index (χ0) is 19.4. The van der Waals surface area contributed by atoms with Crippen LogP contribution in [0.25, 0.3) is 11.1 Å². The lowest BCUT2D eigenvalue weighted by Gasteiger charge is -2.13. The van der Waals surface area contributed by atoms with Gasteiger partial charge in [-0.25, -0.2) is 9.37 Å². The molecule has 0 spiro atoms. The Kier molecular flexibility index (Phi) is 5.49. The molecule has 0 aliphatic heterocycles. The fourth-order valence-electron chi connectivity index (χ4n) is 2.46. The van der Waals surface area contributed by atoms with Crippen molar-refractivity contribution in [2.24, 2.45) is 0 Å². The monoisotopic (exact) mass is 370 g/mol. The fourth-order valence-corrected chi connectivity index (χ4v) is 2.46. The van der Waals surface area contributed by atoms with Gasteiger partial charge in [0.1, 0.15) is 11.3 Å². The topological polar surface area (TPSA) is 81.4 Å². The molecule has 2 aromatic carbocycles. The number of hydrogen-bond donors (Lipinski definition) is 1. The highest BCUT2D eigenvalue weighted by molar-refractivity contribution is 5.95. The van der Waals surface area contributed by atoms with E-state index in [2.05, 4.69) is 10.3 Å². The van der Waals surface area contributed by atoms with Gasteiger partial charge in [0.05, 0.1) is 6.42 Å². The minimum Gasteiger partial charge on any atom is -0.453 e. The van der Waals surface area contributed by atoms with E-state index in [1.54, 1.807) is 25.1 Å².